The summed E-state index contributed by atoms with van der Waals surface area (Å²) in [5, 5.41) is 18.4. The molecule has 0 amide bonds. The number of hydrogen-bond donors (Lipinski definition) is 1. The molecule has 1 heterocycles. The molecular formula is C22H17N3O4. The Morgan fingerprint density at radius 3 is 2.34 bits per heavy atom. The molecular weight excluding hydrogens is 370 g/mol. The zero-order chi connectivity index (χ0) is 20.6. The van der Waals surface area contributed by atoms with E-state index in [-0.39, 0.29) is 11.8 Å². The zero-order valence-electron chi connectivity index (χ0n) is 15.6. The van der Waals surface area contributed by atoms with Gasteiger partial charge < -0.3 is 14.6 Å². The first kappa shape index (κ1) is 19.7. The average molecular weight is 387 g/mol. The summed E-state index contributed by atoms with van der Waals surface area (Å²) in [6, 6.07) is 17.3. The minimum atomic E-state index is -0.599. The van der Waals surface area contributed by atoms with Crippen molar-refractivity contribution in [2.45, 2.75) is 6.92 Å². The molecule has 0 aliphatic heterocycles. The second-order valence-corrected chi connectivity index (χ2v) is 5.79. The number of benzene rings is 2. The van der Waals surface area contributed by atoms with E-state index in [0.717, 1.165) is 0 Å². The Morgan fingerprint density at radius 2 is 1.69 bits per heavy atom. The minimum absolute atomic E-state index is 0.198. The lowest BCUT2D eigenvalue weighted by atomic mass is 10.0. The van der Waals surface area contributed by atoms with Gasteiger partial charge in [0.25, 0.3) is 0 Å². The van der Waals surface area contributed by atoms with Crippen molar-refractivity contribution in [3.63, 3.8) is 0 Å². The van der Waals surface area contributed by atoms with E-state index in [4.69, 9.17) is 9.47 Å². The van der Waals surface area contributed by atoms with Crippen molar-refractivity contribution in [1.82, 2.24) is 9.97 Å². The highest BCUT2D eigenvalue weighted by Gasteiger charge is 2.16. The van der Waals surface area contributed by atoms with Gasteiger partial charge in [-0.25, -0.2) is 9.97 Å². The van der Waals surface area contributed by atoms with E-state index < -0.39 is 12.4 Å². The van der Waals surface area contributed by atoms with E-state index in [1.807, 2.05) is 0 Å². The van der Waals surface area contributed by atoms with Gasteiger partial charge >= 0.3 is 0 Å². The van der Waals surface area contributed by atoms with Crippen molar-refractivity contribution in [3.05, 3.63) is 78.1 Å². The van der Waals surface area contributed by atoms with E-state index in [9.17, 15) is 15.2 Å². The smallest absolute Gasteiger partial charge is 0.226 e. The largest absolute Gasteiger partial charge is 0.438 e. The zero-order valence-corrected chi connectivity index (χ0v) is 15.6. The molecule has 7 heteroatoms. The number of carbonyl (C=O) groups is 1. The second-order valence-electron chi connectivity index (χ2n) is 5.79. The van der Waals surface area contributed by atoms with Crippen LogP contribution in [0.3, 0.4) is 0 Å². The molecule has 3 rings (SSSR count). The summed E-state index contributed by atoms with van der Waals surface area (Å²) in [6.45, 7) is 1.11. The van der Waals surface area contributed by atoms with Crippen molar-refractivity contribution in [2.75, 3.05) is 6.61 Å². The summed E-state index contributed by atoms with van der Waals surface area (Å²) in [7, 11) is 0. The SMILES string of the molecule is C/C=C(/C(=O)CO)c1ccccc1Oc1cc(Oc2ccccc2C#N)ncn1. The van der Waals surface area contributed by atoms with Crippen molar-refractivity contribution in [1.29, 1.82) is 5.26 Å². The van der Waals surface area contributed by atoms with Gasteiger partial charge in [-0.2, -0.15) is 5.26 Å². The molecule has 3 aromatic rings. The van der Waals surface area contributed by atoms with Crippen LogP contribution in [-0.4, -0.2) is 27.5 Å². The number of aliphatic hydroxyl groups excluding tert-OH is 1. The Hall–Kier alpha value is -4.02. The predicted molar refractivity (Wildman–Crippen MR) is 106 cm³/mol. The lowest BCUT2D eigenvalue weighted by molar-refractivity contribution is -0.116. The number of aromatic nitrogens is 2. The van der Waals surface area contributed by atoms with E-state index in [1.165, 1.54) is 12.4 Å². The van der Waals surface area contributed by atoms with Crippen LogP contribution in [0, 0.1) is 11.3 Å². The third-order valence-corrected chi connectivity index (χ3v) is 3.96. The highest BCUT2D eigenvalue weighted by atomic mass is 16.5. The number of carbonyl (C=O) groups excluding carboxylic acids is 1. The maximum atomic E-state index is 12.0. The number of para-hydroxylation sites is 2. The lowest BCUT2D eigenvalue weighted by Crippen LogP contribution is -2.07. The number of hydrogen-bond acceptors (Lipinski definition) is 7. The van der Waals surface area contributed by atoms with E-state index >= 15 is 0 Å². The molecule has 0 saturated heterocycles. The molecule has 0 bridgehead atoms. The van der Waals surface area contributed by atoms with Crippen LogP contribution in [0.4, 0.5) is 0 Å². The lowest BCUT2D eigenvalue weighted by Gasteiger charge is -2.12. The van der Waals surface area contributed by atoms with E-state index in [1.54, 1.807) is 61.5 Å². The first-order valence-corrected chi connectivity index (χ1v) is 8.73. The Bertz CT molecular complexity index is 1100. The molecule has 0 aliphatic carbocycles. The Kier molecular flexibility index (Phi) is 6.30. The number of Topliss-reactive ketones (excluding diaryl/α,β-unsaturated/α-hetero) is 1. The van der Waals surface area contributed by atoms with Gasteiger partial charge in [0.05, 0.1) is 11.6 Å². The van der Waals surface area contributed by atoms with Crippen molar-refractivity contribution in [2.24, 2.45) is 0 Å². The highest BCUT2D eigenvalue weighted by molar-refractivity contribution is 6.21. The predicted octanol–water partition coefficient (Wildman–Crippen LogP) is 3.90. The molecule has 0 spiro atoms. The molecule has 29 heavy (non-hydrogen) atoms. The second kappa shape index (κ2) is 9.26. The maximum absolute atomic E-state index is 12.0. The number of nitriles is 1. The summed E-state index contributed by atoms with van der Waals surface area (Å²) in [6.07, 6.45) is 2.89. The van der Waals surface area contributed by atoms with Crippen LogP contribution < -0.4 is 9.47 Å². The fourth-order valence-electron chi connectivity index (χ4n) is 2.64. The first-order chi connectivity index (χ1) is 14.2. The summed E-state index contributed by atoms with van der Waals surface area (Å²) in [4.78, 5) is 20.1. The molecule has 0 fully saturated rings. The quantitative estimate of drug-likeness (QED) is 0.613. The van der Waals surface area contributed by atoms with Gasteiger partial charge in [-0.3, -0.25) is 4.79 Å². The molecule has 1 aromatic heterocycles. The third kappa shape index (κ3) is 4.64. The maximum Gasteiger partial charge on any atom is 0.226 e. The van der Waals surface area contributed by atoms with Gasteiger partial charge in [-0.15, -0.1) is 0 Å². The van der Waals surface area contributed by atoms with Crippen molar-refractivity contribution >= 4 is 11.4 Å². The molecule has 0 unspecified atom stereocenters. The summed E-state index contributed by atoms with van der Waals surface area (Å²) in [5.41, 5.74) is 1.25. The molecule has 0 saturated carbocycles. The molecule has 0 atom stereocenters. The van der Waals surface area contributed by atoms with Crippen molar-refractivity contribution < 1.29 is 19.4 Å². The minimum Gasteiger partial charge on any atom is -0.438 e. The molecule has 1 N–H and O–H groups in total. The topological polar surface area (TPSA) is 105 Å². The van der Waals surface area contributed by atoms with Gasteiger partial charge in [0.1, 0.15) is 30.5 Å². The monoisotopic (exact) mass is 387 g/mol. The average Bonchev–Trinajstić information content (AvgIpc) is 2.76. The number of ketones is 1. The van der Waals surface area contributed by atoms with E-state index in [0.29, 0.717) is 28.2 Å². The van der Waals surface area contributed by atoms with Crippen LogP contribution in [0.5, 0.6) is 23.3 Å². The van der Waals surface area contributed by atoms with Crippen LogP contribution in [0.2, 0.25) is 0 Å². The Balaban J connectivity index is 1.89. The van der Waals surface area contributed by atoms with Crippen LogP contribution in [-0.2, 0) is 4.79 Å². The van der Waals surface area contributed by atoms with Gasteiger partial charge in [0.2, 0.25) is 11.8 Å². The summed E-state index contributed by atoms with van der Waals surface area (Å²) >= 11 is 0. The van der Waals surface area contributed by atoms with Gasteiger partial charge in [-0.05, 0) is 25.1 Å². The van der Waals surface area contributed by atoms with E-state index in [2.05, 4.69) is 16.0 Å². The summed E-state index contributed by atoms with van der Waals surface area (Å²) in [5.74, 6) is 0.745. The molecule has 144 valence electrons. The van der Waals surface area contributed by atoms with Crippen LogP contribution in [0.15, 0.2) is 67.0 Å². The van der Waals surface area contributed by atoms with Gasteiger partial charge in [0, 0.05) is 11.1 Å². The molecule has 0 aliphatic rings. The number of aliphatic hydroxyl groups is 1. The van der Waals surface area contributed by atoms with Crippen LogP contribution in [0.25, 0.3) is 5.57 Å². The fourth-order valence-corrected chi connectivity index (χ4v) is 2.64. The van der Waals surface area contributed by atoms with Crippen molar-refractivity contribution in [3.8, 4) is 29.3 Å². The summed E-state index contributed by atoms with van der Waals surface area (Å²) < 4.78 is 11.5. The Labute approximate surface area is 167 Å². The third-order valence-electron chi connectivity index (χ3n) is 3.96. The van der Waals surface area contributed by atoms with Crippen LogP contribution in [0.1, 0.15) is 18.1 Å². The number of ether oxygens (including phenoxy) is 2. The molecule has 0 radical (unpaired) electrons. The molecule has 7 nitrogen and oxygen atoms in total. The normalized spacial score (nSPS) is 10.9. The highest BCUT2D eigenvalue weighted by Crippen LogP contribution is 2.31. The Morgan fingerprint density at radius 1 is 1.07 bits per heavy atom. The number of rotatable bonds is 7. The van der Waals surface area contributed by atoms with Gasteiger partial charge in [0.15, 0.2) is 5.78 Å². The number of allylic oxidation sites excluding steroid dienone is 1. The van der Waals surface area contributed by atoms with Gasteiger partial charge in [-0.1, -0.05) is 36.4 Å². The fraction of sp³-hybridized carbons (Fsp3) is 0.0909. The molecule has 2 aromatic carbocycles. The first-order valence-electron chi connectivity index (χ1n) is 8.73. The van der Waals surface area contributed by atoms with Crippen LogP contribution >= 0.6 is 0 Å². The standard InChI is InChI=1S/C22H17N3O4/c1-2-16(18(27)13-26)17-8-4-6-10-20(17)29-22-11-21(24-14-25-22)28-19-9-5-3-7-15(19)12-23/h2-11,14,26H,13H2,1H3/b16-2+. The number of nitrogens with zero attached hydrogens (tertiary/aromatic N) is 3.